The Bertz CT molecular complexity index is 953. The third kappa shape index (κ3) is 4.65. The molecule has 2 aromatic carbocycles. The van der Waals surface area contributed by atoms with Crippen molar-refractivity contribution in [3.8, 4) is 0 Å². The van der Waals surface area contributed by atoms with Gasteiger partial charge in [0.25, 0.3) is 5.91 Å². The van der Waals surface area contributed by atoms with E-state index in [1.807, 2.05) is 0 Å². The third-order valence-corrected chi connectivity index (χ3v) is 5.05. The van der Waals surface area contributed by atoms with Crippen molar-refractivity contribution in [3.63, 3.8) is 0 Å². The summed E-state index contributed by atoms with van der Waals surface area (Å²) in [6, 6.07) is 9.99. The molecule has 0 unspecified atom stereocenters. The van der Waals surface area contributed by atoms with E-state index in [1.54, 1.807) is 29.2 Å². The van der Waals surface area contributed by atoms with Gasteiger partial charge in [0.1, 0.15) is 17.2 Å². The minimum absolute atomic E-state index is 0.130. The average Bonchev–Trinajstić information content (AvgIpc) is 2.96. The highest BCUT2D eigenvalue weighted by atomic mass is 19.1. The van der Waals surface area contributed by atoms with Gasteiger partial charge in [-0.25, -0.2) is 13.6 Å². The lowest BCUT2D eigenvalue weighted by molar-refractivity contribution is 0.101. The molecular formula is C22H22F2N2O4. The van der Waals surface area contributed by atoms with E-state index in [2.05, 4.69) is 5.32 Å². The Labute approximate surface area is 172 Å². The first kappa shape index (κ1) is 21.4. The van der Waals surface area contributed by atoms with Gasteiger partial charge in [0.2, 0.25) is 0 Å². The molecule has 0 fully saturated rings. The summed E-state index contributed by atoms with van der Waals surface area (Å²) in [5, 5.41) is 12.2. The van der Waals surface area contributed by atoms with Crippen LogP contribution in [0.25, 0.3) is 5.57 Å². The van der Waals surface area contributed by atoms with Crippen molar-refractivity contribution in [2.24, 2.45) is 0 Å². The van der Waals surface area contributed by atoms with Crippen molar-refractivity contribution in [1.82, 2.24) is 4.90 Å². The van der Waals surface area contributed by atoms with E-state index in [0.717, 1.165) is 28.8 Å². The second-order valence-electron chi connectivity index (χ2n) is 6.83. The van der Waals surface area contributed by atoms with Crippen LogP contribution in [0.2, 0.25) is 0 Å². The number of benzene rings is 2. The number of halogens is 2. The Morgan fingerprint density at radius 1 is 1.07 bits per heavy atom. The van der Waals surface area contributed by atoms with E-state index in [-0.39, 0.29) is 6.61 Å². The van der Waals surface area contributed by atoms with E-state index in [0.29, 0.717) is 31.6 Å². The summed E-state index contributed by atoms with van der Waals surface area (Å²) in [5.41, 5.74) is 2.32. The van der Waals surface area contributed by atoms with Crippen molar-refractivity contribution in [2.75, 3.05) is 32.1 Å². The van der Waals surface area contributed by atoms with Crippen molar-refractivity contribution in [3.05, 3.63) is 70.8 Å². The van der Waals surface area contributed by atoms with Gasteiger partial charge >= 0.3 is 6.09 Å². The first-order valence-corrected chi connectivity index (χ1v) is 9.45. The fourth-order valence-electron chi connectivity index (χ4n) is 3.45. The summed E-state index contributed by atoms with van der Waals surface area (Å²) < 4.78 is 32.3. The van der Waals surface area contributed by atoms with Gasteiger partial charge in [-0.15, -0.1) is 0 Å². The summed E-state index contributed by atoms with van der Waals surface area (Å²) in [4.78, 5) is 25.6. The highest BCUT2D eigenvalue weighted by molar-refractivity contribution is 6.04. The monoisotopic (exact) mass is 416 g/mol. The zero-order chi connectivity index (χ0) is 21.7. The van der Waals surface area contributed by atoms with Gasteiger partial charge < -0.3 is 20.1 Å². The summed E-state index contributed by atoms with van der Waals surface area (Å²) >= 11 is 0. The fourth-order valence-corrected chi connectivity index (χ4v) is 3.45. The average molecular weight is 416 g/mol. The summed E-state index contributed by atoms with van der Waals surface area (Å²) in [6.45, 7) is 0.778. The van der Waals surface area contributed by atoms with Crippen LogP contribution >= 0.6 is 0 Å². The van der Waals surface area contributed by atoms with E-state index < -0.39 is 29.2 Å². The number of amides is 2. The number of nitrogens with one attached hydrogen (secondary N) is 1. The Morgan fingerprint density at radius 3 is 2.30 bits per heavy atom. The van der Waals surface area contributed by atoms with Crippen molar-refractivity contribution < 1.29 is 28.2 Å². The second kappa shape index (κ2) is 9.49. The van der Waals surface area contributed by atoms with E-state index >= 15 is 0 Å². The highest BCUT2D eigenvalue weighted by Crippen LogP contribution is 2.29. The molecule has 30 heavy (non-hydrogen) atoms. The van der Waals surface area contributed by atoms with Crippen molar-refractivity contribution in [1.29, 1.82) is 0 Å². The molecule has 158 valence electrons. The zero-order valence-electron chi connectivity index (χ0n) is 16.5. The molecule has 1 aliphatic rings. The van der Waals surface area contributed by atoms with Crippen LogP contribution in [0.4, 0.5) is 19.3 Å². The maximum atomic E-state index is 13.8. The fraction of sp³-hybridized carbons (Fsp3) is 0.273. The maximum Gasteiger partial charge on any atom is 0.409 e. The molecule has 0 aliphatic carbocycles. The van der Waals surface area contributed by atoms with Crippen LogP contribution in [-0.4, -0.2) is 48.8 Å². The quantitative estimate of drug-likeness (QED) is 0.794. The van der Waals surface area contributed by atoms with Crippen LogP contribution in [0, 0.1) is 11.6 Å². The Hall–Kier alpha value is -3.26. The number of hydrogen-bond acceptors (Lipinski definition) is 4. The number of rotatable bonds is 4. The van der Waals surface area contributed by atoms with Gasteiger partial charge in [-0.3, -0.25) is 4.79 Å². The first-order chi connectivity index (χ1) is 14.4. The molecule has 2 N–H and O–H groups in total. The molecule has 2 amide bonds. The molecule has 1 aliphatic heterocycles. The van der Waals surface area contributed by atoms with E-state index in [1.165, 1.54) is 13.2 Å². The molecule has 6 nitrogen and oxygen atoms in total. The first-order valence-electron chi connectivity index (χ1n) is 9.45. The Balaban J connectivity index is 1.76. The van der Waals surface area contributed by atoms with E-state index in [9.17, 15) is 23.5 Å². The number of hydrogen-bond donors (Lipinski definition) is 2. The number of carbonyl (C=O) groups is 2. The normalized spacial score (nSPS) is 14.3. The van der Waals surface area contributed by atoms with Crippen LogP contribution in [0.3, 0.4) is 0 Å². The molecule has 0 bridgehead atoms. The number of aliphatic hydroxyl groups is 1. The minimum Gasteiger partial charge on any atom is -0.453 e. The SMILES string of the molecule is COC(=O)N1CCC(CO)=C(c2ccc(NC(=O)c3c(F)cccc3F)cc2)CC1. The number of nitrogens with zero attached hydrogens (tertiary/aromatic N) is 1. The van der Waals surface area contributed by atoms with Crippen LogP contribution in [-0.2, 0) is 4.74 Å². The molecule has 1 heterocycles. The molecule has 8 heteroatoms. The van der Waals surface area contributed by atoms with Gasteiger partial charge in [0.15, 0.2) is 0 Å². The summed E-state index contributed by atoms with van der Waals surface area (Å²) in [6.07, 6.45) is 0.648. The van der Waals surface area contributed by atoms with Gasteiger partial charge in [-0.1, -0.05) is 18.2 Å². The Kier molecular flexibility index (Phi) is 6.79. The Morgan fingerprint density at radius 2 is 1.70 bits per heavy atom. The topological polar surface area (TPSA) is 78.9 Å². The smallest absolute Gasteiger partial charge is 0.409 e. The molecule has 0 spiro atoms. The van der Waals surface area contributed by atoms with E-state index in [4.69, 9.17) is 4.74 Å². The number of carbonyl (C=O) groups excluding carboxylic acids is 2. The zero-order valence-corrected chi connectivity index (χ0v) is 16.5. The van der Waals surface area contributed by atoms with Crippen LogP contribution in [0.15, 0.2) is 48.0 Å². The molecule has 3 rings (SSSR count). The molecular weight excluding hydrogens is 394 g/mol. The van der Waals surface area contributed by atoms with Gasteiger partial charge in [0.05, 0.1) is 13.7 Å². The lowest BCUT2D eigenvalue weighted by atomic mass is 9.96. The predicted molar refractivity (Wildman–Crippen MR) is 108 cm³/mol. The predicted octanol–water partition coefficient (Wildman–Crippen LogP) is 3.83. The number of ether oxygens (including phenoxy) is 1. The van der Waals surface area contributed by atoms with Gasteiger partial charge in [0, 0.05) is 18.8 Å². The maximum absolute atomic E-state index is 13.8. The molecule has 2 aromatic rings. The molecule has 0 saturated heterocycles. The lowest BCUT2D eigenvalue weighted by Gasteiger charge is -2.18. The second-order valence-corrected chi connectivity index (χ2v) is 6.83. The third-order valence-electron chi connectivity index (χ3n) is 5.05. The van der Waals surface area contributed by atoms with Crippen LogP contribution < -0.4 is 5.32 Å². The number of anilines is 1. The molecule has 0 atom stereocenters. The highest BCUT2D eigenvalue weighted by Gasteiger charge is 2.21. The molecule has 0 radical (unpaired) electrons. The van der Waals surface area contributed by atoms with Gasteiger partial charge in [-0.05, 0) is 53.8 Å². The van der Waals surface area contributed by atoms with Gasteiger partial charge in [-0.2, -0.15) is 0 Å². The lowest BCUT2D eigenvalue weighted by Crippen LogP contribution is -2.31. The minimum atomic E-state index is -0.935. The van der Waals surface area contributed by atoms with Crippen LogP contribution in [0.1, 0.15) is 28.8 Å². The van der Waals surface area contributed by atoms with Crippen molar-refractivity contribution >= 4 is 23.3 Å². The molecule has 0 saturated carbocycles. The summed E-state index contributed by atoms with van der Waals surface area (Å²) in [7, 11) is 1.33. The number of methoxy groups -OCH3 is 1. The number of aliphatic hydroxyl groups excluding tert-OH is 1. The van der Waals surface area contributed by atoms with Crippen molar-refractivity contribution in [2.45, 2.75) is 12.8 Å². The molecule has 0 aromatic heterocycles. The standard InChI is InChI=1S/C22H22F2N2O4/c1-30-22(29)26-11-9-15(13-27)17(10-12-26)14-5-7-16(8-6-14)25-21(28)20-18(23)3-2-4-19(20)24/h2-8,27H,9-13H2,1H3,(H,25,28). The summed E-state index contributed by atoms with van der Waals surface area (Å²) in [5.74, 6) is -2.75. The van der Waals surface area contributed by atoms with Crippen LogP contribution in [0.5, 0.6) is 0 Å². The largest absolute Gasteiger partial charge is 0.453 e.